The lowest BCUT2D eigenvalue weighted by Gasteiger charge is -2.32. The number of halogens is 2. The van der Waals surface area contributed by atoms with Crippen LogP contribution in [0.3, 0.4) is 0 Å². The fourth-order valence-corrected chi connectivity index (χ4v) is 2.70. The van der Waals surface area contributed by atoms with Crippen molar-refractivity contribution in [2.24, 2.45) is 5.41 Å². The Morgan fingerprint density at radius 2 is 1.95 bits per heavy atom. The highest BCUT2D eigenvalue weighted by Crippen LogP contribution is 2.37. The van der Waals surface area contributed by atoms with Gasteiger partial charge in [-0.25, -0.2) is 8.78 Å². The van der Waals surface area contributed by atoms with E-state index in [1.54, 1.807) is 0 Å². The first-order chi connectivity index (χ1) is 10.1. The van der Waals surface area contributed by atoms with E-state index in [1.165, 1.54) is 12.1 Å². The zero-order chi connectivity index (χ0) is 14.9. The van der Waals surface area contributed by atoms with Gasteiger partial charge in [0.25, 0.3) is 0 Å². The highest BCUT2D eigenvalue weighted by Gasteiger charge is 2.37. The number of rotatable bonds is 2. The Labute approximate surface area is 121 Å². The third kappa shape index (κ3) is 2.47. The lowest BCUT2D eigenvalue weighted by atomic mass is 9.77. The van der Waals surface area contributed by atoms with Crippen LogP contribution in [0.4, 0.5) is 8.78 Å². The summed E-state index contributed by atoms with van der Waals surface area (Å²) in [4.78, 5) is 0. The number of ether oxygens (including phenoxy) is 1. The van der Waals surface area contributed by atoms with Crippen molar-refractivity contribution < 1.29 is 13.5 Å². The molecule has 0 saturated carbocycles. The van der Waals surface area contributed by atoms with Gasteiger partial charge in [-0.3, -0.25) is 0 Å². The van der Waals surface area contributed by atoms with Crippen LogP contribution in [0.25, 0.3) is 0 Å². The van der Waals surface area contributed by atoms with E-state index >= 15 is 0 Å². The molecule has 0 N–H and O–H groups in total. The molecule has 2 aromatic carbocycles. The molecule has 0 aliphatic carbocycles. The topological polar surface area (TPSA) is 33.0 Å². The Bertz CT molecular complexity index is 723. The second-order valence-corrected chi connectivity index (χ2v) is 5.36. The van der Waals surface area contributed by atoms with Crippen molar-refractivity contribution in [1.82, 2.24) is 0 Å². The Morgan fingerprint density at radius 1 is 1.14 bits per heavy atom. The fraction of sp³-hybridized carbons (Fsp3) is 0.235. The summed E-state index contributed by atoms with van der Waals surface area (Å²) < 4.78 is 32.8. The first kappa shape index (κ1) is 13.6. The van der Waals surface area contributed by atoms with Crippen LogP contribution < -0.4 is 4.74 Å². The van der Waals surface area contributed by atoms with E-state index in [2.05, 4.69) is 6.07 Å². The summed E-state index contributed by atoms with van der Waals surface area (Å²) in [6, 6.07) is 13.8. The number of hydrogen-bond donors (Lipinski definition) is 0. The molecule has 106 valence electrons. The monoisotopic (exact) mass is 285 g/mol. The van der Waals surface area contributed by atoms with Crippen LogP contribution in [0.5, 0.6) is 5.75 Å². The van der Waals surface area contributed by atoms with Crippen molar-refractivity contribution >= 4 is 0 Å². The van der Waals surface area contributed by atoms with Crippen LogP contribution in [-0.4, -0.2) is 6.61 Å². The molecule has 2 nitrogen and oxygen atoms in total. The van der Waals surface area contributed by atoms with Crippen LogP contribution in [0, 0.1) is 28.4 Å². The minimum Gasteiger partial charge on any atom is -0.492 e. The number of hydrogen-bond acceptors (Lipinski definition) is 2. The molecular formula is C17H13F2NO. The molecule has 1 aliphatic rings. The highest BCUT2D eigenvalue weighted by molar-refractivity contribution is 5.38. The minimum atomic E-state index is -0.891. The maximum absolute atomic E-state index is 13.8. The molecule has 0 radical (unpaired) electrons. The van der Waals surface area contributed by atoms with E-state index in [-0.39, 0.29) is 18.6 Å². The number of nitrogens with zero attached hydrogens (tertiary/aromatic N) is 1. The zero-order valence-electron chi connectivity index (χ0n) is 11.3. The van der Waals surface area contributed by atoms with Gasteiger partial charge in [-0.1, -0.05) is 30.3 Å². The lowest BCUT2D eigenvalue weighted by molar-refractivity contribution is 0.168. The first-order valence-electron chi connectivity index (χ1n) is 6.68. The van der Waals surface area contributed by atoms with Gasteiger partial charge in [0.1, 0.15) is 12.4 Å². The average molecular weight is 285 g/mol. The molecule has 0 spiro atoms. The van der Waals surface area contributed by atoms with E-state index in [4.69, 9.17) is 4.74 Å². The Kier molecular flexibility index (Phi) is 3.34. The van der Waals surface area contributed by atoms with Gasteiger partial charge in [-0.2, -0.15) is 5.26 Å². The van der Waals surface area contributed by atoms with E-state index in [1.807, 2.05) is 24.3 Å². The molecule has 0 amide bonds. The van der Waals surface area contributed by atoms with Gasteiger partial charge >= 0.3 is 0 Å². The van der Waals surface area contributed by atoms with Crippen LogP contribution in [-0.2, 0) is 12.8 Å². The largest absolute Gasteiger partial charge is 0.492 e. The van der Waals surface area contributed by atoms with Gasteiger partial charge in [0.05, 0.1) is 11.5 Å². The van der Waals surface area contributed by atoms with E-state index in [9.17, 15) is 14.0 Å². The summed E-state index contributed by atoms with van der Waals surface area (Å²) in [6.07, 6.45) is 0.594. The molecule has 1 atom stereocenters. The first-order valence-corrected chi connectivity index (χ1v) is 6.68. The molecule has 0 saturated heterocycles. The Morgan fingerprint density at radius 3 is 2.76 bits per heavy atom. The third-order valence-corrected chi connectivity index (χ3v) is 3.80. The van der Waals surface area contributed by atoms with E-state index in [0.29, 0.717) is 6.42 Å². The molecule has 3 rings (SSSR count). The molecule has 1 heterocycles. The molecule has 1 aliphatic heterocycles. The molecule has 0 bridgehead atoms. The number of para-hydroxylation sites is 1. The smallest absolute Gasteiger partial charge is 0.162 e. The zero-order valence-corrected chi connectivity index (χ0v) is 11.3. The predicted octanol–water partition coefficient (Wildman–Crippen LogP) is 3.65. The number of benzene rings is 2. The van der Waals surface area contributed by atoms with Crippen LogP contribution in [0.2, 0.25) is 0 Å². The maximum Gasteiger partial charge on any atom is 0.162 e. The van der Waals surface area contributed by atoms with E-state index < -0.39 is 17.0 Å². The summed E-state index contributed by atoms with van der Waals surface area (Å²) in [6.45, 7) is 0.177. The second kappa shape index (κ2) is 5.17. The molecule has 0 fully saturated rings. The number of fused-ring (bicyclic) bond motifs is 1. The van der Waals surface area contributed by atoms with Crippen LogP contribution >= 0.6 is 0 Å². The van der Waals surface area contributed by atoms with Gasteiger partial charge in [-0.05, 0) is 36.1 Å². The fourth-order valence-electron chi connectivity index (χ4n) is 2.70. The summed E-state index contributed by atoms with van der Waals surface area (Å²) in [7, 11) is 0. The van der Waals surface area contributed by atoms with Gasteiger partial charge in [0.2, 0.25) is 0 Å². The minimum absolute atomic E-state index is 0.126. The van der Waals surface area contributed by atoms with Crippen LogP contribution in [0.15, 0.2) is 42.5 Å². The van der Waals surface area contributed by atoms with Gasteiger partial charge in [0, 0.05) is 0 Å². The van der Waals surface area contributed by atoms with Crippen molar-refractivity contribution in [3.63, 3.8) is 0 Å². The summed E-state index contributed by atoms with van der Waals surface area (Å²) in [5.74, 6) is -1.02. The standard InChI is InChI=1S/C17H13F2NO/c18-14-6-3-5-13(16(14)19)9-17(10-20)8-12-4-1-2-7-15(12)21-11-17/h1-7H,8-9,11H2. The molecular weight excluding hydrogens is 272 g/mol. The Balaban J connectivity index is 1.93. The third-order valence-electron chi connectivity index (χ3n) is 3.80. The second-order valence-electron chi connectivity index (χ2n) is 5.36. The maximum atomic E-state index is 13.8. The van der Waals surface area contributed by atoms with Crippen molar-refractivity contribution in [2.75, 3.05) is 6.61 Å². The van der Waals surface area contributed by atoms with Gasteiger partial charge in [0.15, 0.2) is 11.6 Å². The van der Waals surface area contributed by atoms with Crippen molar-refractivity contribution in [1.29, 1.82) is 5.26 Å². The normalized spacial score (nSPS) is 20.2. The van der Waals surface area contributed by atoms with Crippen molar-refractivity contribution in [2.45, 2.75) is 12.8 Å². The SMILES string of the molecule is N#CC1(Cc2cccc(F)c2F)COc2ccccc2C1. The van der Waals surface area contributed by atoms with Crippen LogP contribution in [0.1, 0.15) is 11.1 Å². The molecule has 4 heteroatoms. The molecule has 1 unspecified atom stereocenters. The lowest BCUT2D eigenvalue weighted by Crippen LogP contribution is -2.35. The summed E-state index contributed by atoms with van der Waals surface area (Å²) in [5, 5.41) is 9.54. The summed E-state index contributed by atoms with van der Waals surface area (Å²) in [5.41, 5.74) is 0.254. The number of nitriles is 1. The van der Waals surface area contributed by atoms with Gasteiger partial charge < -0.3 is 4.74 Å². The molecule has 2 aromatic rings. The van der Waals surface area contributed by atoms with Gasteiger partial charge in [-0.15, -0.1) is 0 Å². The highest BCUT2D eigenvalue weighted by atomic mass is 19.2. The Hall–Kier alpha value is -2.41. The average Bonchev–Trinajstić information content (AvgIpc) is 2.52. The van der Waals surface area contributed by atoms with E-state index in [0.717, 1.165) is 17.4 Å². The molecule has 21 heavy (non-hydrogen) atoms. The van der Waals surface area contributed by atoms with Crippen molar-refractivity contribution in [3.8, 4) is 11.8 Å². The quantitative estimate of drug-likeness (QED) is 0.843. The summed E-state index contributed by atoms with van der Waals surface area (Å²) >= 11 is 0. The van der Waals surface area contributed by atoms with Crippen molar-refractivity contribution in [3.05, 3.63) is 65.2 Å². The predicted molar refractivity (Wildman–Crippen MR) is 73.7 cm³/mol. The molecule has 0 aromatic heterocycles.